The second-order valence-corrected chi connectivity index (χ2v) is 6.83. The van der Waals surface area contributed by atoms with Crippen LogP contribution in [0.15, 0.2) is 36.4 Å². The molecule has 0 saturated heterocycles. The Balaban J connectivity index is 2.26. The number of carbonyl (C=O) groups is 2. The molecule has 138 valence electrons. The van der Waals surface area contributed by atoms with Gasteiger partial charge in [0.15, 0.2) is 0 Å². The summed E-state index contributed by atoms with van der Waals surface area (Å²) in [6.07, 6.45) is -0.784. The Morgan fingerprint density at radius 3 is 2.35 bits per heavy atom. The van der Waals surface area contributed by atoms with E-state index in [-0.39, 0.29) is 22.0 Å². The molecule has 0 heterocycles. The Labute approximate surface area is 154 Å². The first-order valence-corrected chi connectivity index (χ1v) is 7.99. The zero-order chi connectivity index (χ0) is 19.5. The molecule has 2 amide bonds. The minimum atomic E-state index is -0.845. The highest BCUT2D eigenvalue weighted by Gasteiger charge is 2.19. The predicted octanol–water partition coefficient (Wildman–Crippen LogP) is 5.22. The summed E-state index contributed by atoms with van der Waals surface area (Å²) in [6.45, 7) is 5.05. The van der Waals surface area contributed by atoms with Crippen LogP contribution in [0.4, 0.5) is 25.0 Å². The molecule has 0 radical (unpaired) electrons. The molecule has 2 aromatic carbocycles. The van der Waals surface area contributed by atoms with E-state index in [1.54, 1.807) is 20.8 Å². The normalized spacial score (nSPS) is 11.0. The van der Waals surface area contributed by atoms with Gasteiger partial charge in [0, 0.05) is 5.02 Å². The molecule has 2 aromatic rings. The van der Waals surface area contributed by atoms with Gasteiger partial charge in [-0.15, -0.1) is 0 Å². The Morgan fingerprint density at radius 2 is 1.69 bits per heavy atom. The van der Waals surface area contributed by atoms with Gasteiger partial charge in [-0.2, -0.15) is 0 Å². The van der Waals surface area contributed by atoms with Gasteiger partial charge in [-0.25, -0.2) is 13.6 Å². The number of anilines is 2. The summed E-state index contributed by atoms with van der Waals surface area (Å²) in [5, 5.41) is 4.94. The number of ether oxygens (including phenoxy) is 1. The lowest BCUT2D eigenvalue weighted by Gasteiger charge is -2.20. The second-order valence-electron chi connectivity index (χ2n) is 6.40. The van der Waals surface area contributed by atoms with E-state index in [0.717, 1.165) is 24.3 Å². The van der Waals surface area contributed by atoms with Crippen molar-refractivity contribution >= 4 is 35.0 Å². The number of halogens is 3. The first-order chi connectivity index (χ1) is 12.0. The molecule has 2 rings (SSSR count). The molecule has 0 fully saturated rings. The van der Waals surface area contributed by atoms with E-state index in [1.807, 2.05) is 0 Å². The van der Waals surface area contributed by atoms with E-state index in [2.05, 4.69) is 10.6 Å². The highest BCUT2D eigenvalue weighted by molar-refractivity contribution is 6.31. The van der Waals surface area contributed by atoms with Gasteiger partial charge in [0.05, 0.1) is 16.9 Å². The van der Waals surface area contributed by atoms with E-state index in [9.17, 15) is 18.4 Å². The molecule has 0 saturated carbocycles. The smallest absolute Gasteiger partial charge is 0.412 e. The van der Waals surface area contributed by atoms with Crippen LogP contribution < -0.4 is 10.6 Å². The maximum atomic E-state index is 13.8. The van der Waals surface area contributed by atoms with E-state index < -0.39 is 29.2 Å². The minimum Gasteiger partial charge on any atom is -0.444 e. The minimum absolute atomic E-state index is 0.0553. The summed E-state index contributed by atoms with van der Waals surface area (Å²) >= 11 is 5.77. The predicted molar refractivity (Wildman–Crippen MR) is 95.6 cm³/mol. The zero-order valence-electron chi connectivity index (χ0n) is 14.3. The largest absolute Gasteiger partial charge is 0.444 e. The van der Waals surface area contributed by atoms with Crippen LogP contribution in [0.5, 0.6) is 0 Å². The fraction of sp³-hybridized carbons (Fsp3) is 0.222. The van der Waals surface area contributed by atoms with Crippen molar-refractivity contribution in [2.75, 3.05) is 10.6 Å². The number of hydrogen-bond donors (Lipinski definition) is 2. The Hall–Kier alpha value is -2.67. The number of benzene rings is 2. The molecular formula is C18H17ClF2N2O3. The molecule has 26 heavy (non-hydrogen) atoms. The van der Waals surface area contributed by atoms with Crippen molar-refractivity contribution in [2.45, 2.75) is 26.4 Å². The molecule has 0 unspecified atom stereocenters. The number of hydrogen-bond acceptors (Lipinski definition) is 3. The van der Waals surface area contributed by atoms with Crippen LogP contribution in [0, 0.1) is 11.6 Å². The average molecular weight is 383 g/mol. The quantitative estimate of drug-likeness (QED) is 0.765. The molecule has 2 N–H and O–H groups in total. The van der Waals surface area contributed by atoms with Crippen molar-refractivity contribution in [1.82, 2.24) is 0 Å². The van der Waals surface area contributed by atoms with Crippen molar-refractivity contribution in [3.05, 3.63) is 58.6 Å². The van der Waals surface area contributed by atoms with Crippen molar-refractivity contribution in [2.24, 2.45) is 0 Å². The van der Waals surface area contributed by atoms with Gasteiger partial charge in [-0.05, 0) is 57.2 Å². The zero-order valence-corrected chi connectivity index (χ0v) is 15.1. The summed E-state index contributed by atoms with van der Waals surface area (Å²) in [6, 6.07) is 6.83. The van der Waals surface area contributed by atoms with Gasteiger partial charge < -0.3 is 10.1 Å². The maximum Gasteiger partial charge on any atom is 0.412 e. The lowest BCUT2D eigenvalue weighted by Crippen LogP contribution is -2.27. The van der Waals surface area contributed by atoms with Crippen LogP contribution in [-0.4, -0.2) is 17.6 Å². The van der Waals surface area contributed by atoms with Gasteiger partial charge >= 0.3 is 6.09 Å². The SMILES string of the molecule is CC(C)(C)OC(=O)Nc1ccc(F)cc1NC(=O)c1cc(Cl)ccc1F. The summed E-state index contributed by atoms with van der Waals surface area (Å²) < 4.78 is 32.5. The number of nitrogens with one attached hydrogen (secondary N) is 2. The highest BCUT2D eigenvalue weighted by atomic mass is 35.5. The molecule has 8 heteroatoms. The molecule has 5 nitrogen and oxygen atoms in total. The molecule has 0 aliphatic rings. The van der Waals surface area contributed by atoms with Crippen molar-refractivity contribution in [3.8, 4) is 0 Å². The molecule has 0 spiro atoms. The topological polar surface area (TPSA) is 67.4 Å². The van der Waals surface area contributed by atoms with Gasteiger partial charge in [-0.3, -0.25) is 10.1 Å². The lowest BCUT2D eigenvalue weighted by molar-refractivity contribution is 0.0635. The Kier molecular flexibility index (Phi) is 5.82. The third-order valence-electron chi connectivity index (χ3n) is 3.04. The van der Waals surface area contributed by atoms with Crippen molar-refractivity contribution in [3.63, 3.8) is 0 Å². The fourth-order valence-corrected chi connectivity index (χ4v) is 2.18. The van der Waals surface area contributed by atoms with Crippen LogP contribution in [-0.2, 0) is 4.74 Å². The first kappa shape index (κ1) is 19.7. The third kappa shape index (κ3) is 5.42. The average Bonchev–Trinajstić information content (AvgIpc) is 2.50. The van der Waals surface area contributed by atoms with E-state index in [1.165, 1.54) is 12.1 Å². The third-order valence-corrected chi connectivity index (χ3v) is 3.27. The number of amides is 2. The fourth-order valence-electron chi connectivity index (χ4n) is 2.00. The Morgan fingerprint density at radius 1 is 1.00 bits per heavy atom. The summed E-state index contributed by atoms with van der Waals surface area (Å²) in [4.78, 5) is 24.2. The molecule has 0 bridgehead atoms. The highest BCUT2D eigenvalue weighted by Crippen LogP contribution is 2.25. The Bertz CT molecular complexity index is 851. The molecule has 0 aliphatic heterocycles. The molecule has 0 aromatic heterocycles. The summed E-state index contributed by atoms with van der Waals surface area (Å²) in [5.41, 5.74) is -1.01. The first-order valence-electron chi connectivity index (χ1n) is 7.61. The van der Waals surface area contributed by atoms with Gasteiger partial charge in [0.25, 0.3) is 5.91 Å². The second kappa shape index (κ2) is 7.70. The summed E-state index contributed by atoms with van der Waals surface area (Å²) in [5.74, 6) is -2.28. The van der Waals surface area contributed by atoms with Crippen molar-refractivity contribution in [1.29, 1.82) is 0 Å². The van der Waals surface area contributed by atoms with Crippen molar-refractivity contribution < 1.29 is 23.1 Å². The van der Waals surface area contributed by atoms with Crippen LogP contribution in [0.1, 0.15) is 31.1 Å². The lowest BCUT2D eigenvalue weighted by atomic mass is 10.2. The van der Waals surface area contributed by atoms with Crippen LogP contribution in [0.3, 0.4) is 0 Å². The van der Waals surface area contributed by atoms with Crippen LogP contribution in [0.2, 0.25) is 5.02 Å². The van der Waals surface area contributed by atoms with E-state index in [4.69, 9.17) is 16.3 Å². The molecule has 0 aliphatic carbocycles. The number of rotatable bonds is 3. The summed E-state index contributed by atoms with van der Waals surface area (Å²) in [7, 11) is 0. The van der Waals surface area contributed by atoms with E-state index >= 15 is 0 Å². The number of carbonyl (C=O) groups excluding carboxylic acids is 2. The molecule has 0 atom stereocenters. The van der Waals surface area contributed by atoms with E-state index in [0.29, 0.717) is 0 Å². The van der Waals surface area contributed by atoms with Gasteiger partial charge in [0.1, 0.15) is 17.2 Å². The maximum absolute atomic E-state index is 13.8. The van der Waals surface area contributed by atoms with Crippen LogP contribution in [0.25, 0.3) is 0 Å². The van der Waals surface area contributed by atoms with Gasteiger partial charge in [-0.1, -0.05) is 11.6 Å². The monoisotopic (exact) mass is 382 g/mol. The van der Waals surface area contributed by atoms with Gasteiger partial charge in [0.2, 0.25) is 0 Å². The standard InChI is InChI=1S/C18H17ClF2N2O3/c1-18(2,3)26-17(25)23-14-7-5-11(20)9-15(14)22-16(24)12-8-10(19)4-6-13(12)21/h4-9H,1-3H3,(H,22,24)(H,23,25). The van der Waals surface area contributed by atoms with Crippen LogP contribution >= 0.6 is 11.6 Å². The molecular weight excluding hydrogens is 366 g/mol.